The first-order chi connectivity index (χ1) is 13.4. The van der Waals surface area contributed by atoms with Gasteiger partial charge in [-0.1, -0.05) is 44.0 Å². The zero-order chi connectivity index (χ0) is 19.7. The van der Waals surface area contributed by atoms with Crippen molar-refractivity contribution in [1.82, 2.24) is 0 Å². The zero-order valence-electron chi connectivity index (χ0n) is 14.1. The fourth-order valence-corrected chi connectivity index (χ4v) is 5.12. The maximum absolute atomic E-state index is 11.9. The Labute approximate surface area is 175 Å². The van der Waals surface area contributed by atoms with Crippen molar-refractivity contribution in [3.05, 3.63) is 68.6 Å². The van der Waals surface area contributed by atoms with Crippen molar-refractivity contribution in [3.8, 4) is 0 Å². The van der Waals surface area contributed by atoms with Gasteiger partial charge in [-0.3, -0.25) is 0 Å². The fourth-order valence-electron chi connectivity index (χ4n) is 4.17. The molecule has 6 heteroatoms. The monoisotopic (exact) mass is 496 g/mol. The van der Waals surface area contributed by atoms with Crippen molar-refractivity contribution in [2.75, 3.05) is 0 Å². The molecule has 136 valence electrons. The third-order valence-corrected chi connectivity index (χ3v) is 6.10. The molecule has 0 fully saturated rings. The molecule has 0 spiro atoms. The number of carbonyl (C=O) groups is 2. The smallest absolute Gasteiger partial charge is 0.336 e. The van der Waals surface area contributed by atoms with Gasteiger partial charge >= 0.3 is 11.9 Å². The molecule has 2 N–H and O–H groups in total. The lowest BCUT2D eigenvalue weighted by Gasteiger charge is -2.17. The van der Waals surface area contributed by atoms with Gasteiger partial charge in [0.05, 0.1) is 11.1 Å². The van der Waals surface area contributed by atoms with E-state index in [4.69, 9.17) is 0 Å². The van der Waals surface area contributed by atoms with Gasteiger partial charge in [-0.25, -0.2) is 9.59 Å². The molecule has 0 radical (unpaired) electrons. The van der Waals surface area contributed by atoms with Gasteiger partial charge < -0.3 is 10.2 Å². The Morgan fingerprint density at radius 2 is 1.07 bits per heavy atom. The lowest BCUT2D eigenvalue weighted by atomic mass is 9.86. The van der Waals surface area contributed by atoms with Crippen LogP contribution in [0.2, 0.25) is 0 Å². The van der Waals surface area contributed by atoms with E-state index >= 15 is 0 Å². The van der Waals surface area contributed by atoms with Crippen LogP contribution in [0.1, 0.15) is 20.7 Å². The lowest BCUT2D eigenvalue weighted by molar-refractivity contribution is 0.0695. The van der Waals surface area contributed by atoms with Crippen LogP contribution in [0.4, 0.5) is 0 Å². The molecule has 5 rings (SSSR count). The van der Waals surface area contributed by atoms with Gasteiger partial charge in [0.25, 0.3) is 0 Å². The van der Waals surface area contributed by atoms with Crippen LogP contribution in [0.25, 0.3) is 43.1 Å². The maximum atomic E-state index is 11.9. The second kappa shape index (κ2) is 5.90. The molecule has 0 aromatic heterocycles. The number of benzene rings is 5. The van der Waals surface area contributed by atoms with Crippen molar-refractivity contribution in [3.63, 3.8) is 0 Å². The van der Waals surface area contributed by atoms with E-state index in [1.54, 1.807) is 12.1 Å². The molecule has 0 heterocycles. The predicted molar refractivity (Wildman–Crippen MR) is 117 cm³/mol. The number of carboxylic acids is 2. The number of fused-ring (bicyclic) bond motifs is 2. The summed E-state index contributed by atoms with van der Waals surface area (Å²) in [5.41, 5.74) is -0.0228. The Bertz CT molecular complexity index is 1380. The Morgan fingerprint density at radius 3 is 1.50 bits per heavy atom. The Hall–Kier alpha value is -2.70. The van der Waals surface area contributed by atoms with E-state index in [1.165, 1.54) is 12.1 Å². The fraction of sp³-hybridized carbons (Fsp3) is 0. The van der Waals surface area contributed by atoms with Crippen molar-refractivity contribution in [2.24, 2.45) is 0 Å². The maximum Gasteiger partial charge on any atom is 0.336 e. The van der Waals surface area contributed by atoms with E-state index in [0.29, 0.717) is 5.39 Å². The Balaban J connectivity index is 2.21. The summed E-state index contributed by atoms with van der Waals surface area (Å²) < 4.78 is 1.79. The van der Waals surface area contributed by atoms with Crippen LogP contribution in [0.15, 0.2) is 57.5 Å². The standard InChI is InChI=1S/C22H10Br2O4/c23-10-5-9-6-11(24)8-17-13-2-4-15(22(27)28)20-14(21(25)26)3-1-12(19(13)20)16(7-10)18(9)17/h1-8H,(H,25,26)(H,27,28). The Morgan fingerprint density at radius 1 is 0.607 bits per heavy atom. The van der Waals surface area contributed by atoms with E-state index in [1.807, 2.05) is 24.3 Å². The number of hydrogen-bond acceptors (Lipinski definition) is 2. The topological polar surface area (TPSA) is 74.6 Å². The summed E-state index contributed by atoms with van der Waals surface area (Å²) in [6.07, 6.45) is 0. The molecule has 0 bridgehead atoms. The van der Waals surface area contributed by atoms with Crippen molar-refractivity contribution in [2.45, 2.75) is 0 Å². The van der Waals surface area contributed by atoms with E-state index < -0.39 is 11.9 Å². The largest absolute Gasteiger partial charge is 0.478 e. The van der Waals surface area contributed by atoms with E-state index in [-0.39, 0.29) is 16.5 Å². The predicted octanol–water partition coefficient (Wildman–Crippen LogP) is 6.66. The van der Waals surface area contributed by atoms with E-state index in [9.17, 15) is 19.8 Å². The van der Waals surface area contributed by atoms with Gasteiger partial charge in [0.2, 0.25) is 0 Å². The van der Waals surface area contributed by atoms with Crippen LogP contribution >= 0.6 is 31.9 Å². The number of aromatic carboxylic acids is 2. The summed E-state index contributed by atoms with van der Waals surface area (Å²) in [5.74, 6) is -2.30. The summed E-state index contributed by atoms with van der Waals surface area (Å²) in [6.45, 7) is 0. The summed E-state index contributed by atoms with van der Waals surface area (Å²) >= 11 is 7.11. The van der Waals surface area contributed by atoms with Crippen LogP contribution in [0.3, 0.4) is 0 Å². The van der Waals surface area contributed by atoms with Gasteiger partial charge in [0.1, 0.15) is 0 Å². The summed E-state index contributed by atoms with van der Waals surface area (Å²) in [7, 11) is 0. The van der Waals surface area contributed by atoms with Crippen LogP contribution in [-0.4, -0.2) is 22.2 Å². The third kappa shape index (κ3) is 2.28. The van der Waals surface area contributed by atoms with Gasteiger partial charge in [-0.2, -0.15) is 0 Å². The number of hydrogen-bond donors (Lipinski definition) is 2. The van der Waals surface area contributed by atoms with Crippen molar-refractivity contribution in [1.29, 1.82) is 0 Å². The molecule has 0 unspecified atom stereocenters. The molecular formula is C22H10Br2O4. The summed E-state index contributed by atoms with van der Waals surface area (Å²) in [4.78, 5) is 23.7. The molecule has 0 aliphatic rings. The third-order valence-electron chi connectivity index (χ3n) is 5.18. The van der Waals surface area contributed by atoms with Gasteiger partial charge in [0, 0.05) is 14.3 Å². The highest BCUT2D eigenvalue weighted by Crippen LogP contribution is 2.44. The zero-order valence-corrected chi connectivity index (χ0v) is 17.3. The van der Waals surface area contributed by atoms with Gasteiger partial charge in [-0.05, 0) is 74.1 Å². The molecule has 5 aromatic carbocycles. The van der Waals surface area contributed by atoms with E-state index in [2.05, 4.69) is 31.9 Å². The molecule has 0 aliphatic heterocycles. The van der Waals surface area contributed by atoms with Crippen molar-refractivity contribution >= 4 is 86.9 Å². The summed E-state index contributed by atoms with van der Waals surface area (Å²) in [6, 6.07) is 14.6. The second-order valence-corrected chi connectivity index (χ2v) is 8.52. The van der Waals surface area contributed by atoms with Crippen LogP contribution in [0.5, 0.6) is 0 Å². The van der Waals surface area contributed by atoms with E-state index in [0.717, 1.165) is 41.3 Å². The molecule has 4 nitrogen and oxygen atoms in total. The second-order valence-electron chi connectivity index (χ2n) is 6.69. The minimum atomic E-state index is -1.15. The normalized spacial score (nSPS) is 11.8. The first kappa shape index (κ1) is 17.4. The highest BCUT2D eigenvalue weighted by atomic mass is 79.9. The minimum absolute atomic E-state index is 0.0114. The molecule has 5 aromatic rings. The number of carboxylic acid groups (broad SMARTS) is 2. The lowest BCUT2D eigenvalue weighted by Crippen LogP contribution is -2.05. The highest BCUT2D eigenvalue weighted by Gasteiger charge is 2.22. The molecule has 28 heavy (non-hydrogen) atoms. The first-order valence-corrected chi connectivity index (χ1v) is 9.95. The minimum Gasteiger partial charge on any atom is -0.478 e. The highest BCUT2D eigenvalue weighted by molar-refractivity contribution is 9.10. The van der Waals surface area contributed by atoms with Crippen LogP contribution in [0, 0.1) is 0 Å². The average molecular weight is 498 g/mol. The molecule has 0 aliphatic carbocycles. The average Bonchev–Trinajstić information content (AvgIpc) is 2.63. The van der Waals surface area contributed by atoms with Crippen molar-refractivity contribution < 1.29 is 19.8 Å². The van der Waals surface area contributed by atoms with Gasteiger partial charge in [0.15, 0.2) is 0 Å². The molecule has 0 saturated heterocycles. The molecule has 0 atom stereocenters. The Kier molecular flexibility index (Phi) is 3.66. The van der Waals surface area contributed by atoms with Crippen LogP contribution < -0.4 is 0 Å². The first-order valence-electron chi connectivity index (χ1n) is 8.36. The molecular weight excluding hydrogens is 488 g/mol. The SMILES string of the molecule is O=C(O)c1ccc2c3cc(Br)cc4cc(Br)cc(c5ccc(C(=O)O)c1c25)c43. The quantitative estimate of drug-likeness (QED) is 0.211. The number of rotatable bonds is 2. The van der Waals surface area contributed by atoms with Gasteiger partial charge in [-0.15, -0.1) is 0 Å². The summed E-state index contributed by atoms with van der Waals surface area (Å²) in [5, 5.41) is 26.0. The molecule has 0 saturated carbocycles. The number of halogens is 2. The molecule has 0 amide bonds. The van der Waals surface area contributed by atoms with Crippen LogP contribution in [-0.2, 0) is 0 Å².